The number of nitrogens with zero attached hydrogens (tertiary/aromatic N) is 3. The number of hydrogen-bond donors (Lipinski definition) is 4. The standard InChI is InChI=1S/C25H37N7O2/c1-5-24(2,3)21-17-23(31-30-21)28-22-10-11-27-25(26,29-22)18-8-9-19(33-4)20(16-18)34-15-14-32-12-6-7-13-32/h8-11,16-17,27H,5-7,12-15,26H2,1-4H3,(H2,28,29,30,31). The summed E-state index contributed by atoms with van der Waals surface area (Å²) in [6, 6.07) is 7.67. The molecule has 1 fully saturated rings. The van der Waals surface area contributed by atoms with E-state index in [-0.39, 0.29) is 5.41 Å². The fourth-order valence-electron chi connectivity index (χ4n) is 4.10. The van der Waals surface area contributed by atoms with Crippen molar-refractivity contribution in [2.75, 3.05) is 38.7 Å². The number of H-pyrrole nitrogens is 1. The van der Waals surface area contributed by atoms with E-state index in [4.69, 9.17) is 20.2 Å². The van der Waals surface area contributed by atoms with Crippen molar-refractivity contribution in [3.63, 3.8) is 0 Å². The molecule has 1 unspecified atom stereocenters. The van der Waals surface area contributed by atoms with Gasteiger partial charge in [-0.25, -0.2) is 4.99 Å². The summed E-state index contributed by atoms with van der Waals surface area (Å²) < 4.78 is 11.6. The Labute approximate surface area is 201 Å². The average Bonchev–Trinajstić information content (AvgIpc) is 3.52. The molecule has 2 aliphatic heterocycles. The Bertz CT molecular complexity index is 1040. The highest BCUT2D eigenvalue weighted by Crippen LogP contribution is 2.32. The van der Waals surface area contributed by atoms with E-state index in [1.165, 1.54) is 12.8 Å². The minimum Gasteiger partial charge on any atom is -0.493 e. The van der Waals surface area contributed by atoms with E-state index in [2.05, 4.69) is 46.5 Å². The summed E-state index contributed by atoms with van der Waals surface area (Å²) in [5.41, 5.74) is 8.54. The van der Waals surface area contributed by atoms with Crippen molar-refractivity contribution in [2.24, 2.45) is 10.7 Å². The van der Waals surface area contributed by atoms with Gasteiger partial charge in [-0.15, -0.1) is 0 Å². The number of nitrogens with two attached hydrogens (primary N) is 1. The van der Waals surface area contributed by atoms with Crippen LogP contribution in [-0.4, -0.2) is 54.3 Å². The second-order valence-corrected chi connectivity index (χ2v) is 9.53. The molecule has 34 heavy (non-hydrogen) atoms. The lowest BCUT2D eigenvalue weighted by molar-refractivity contribution is 0.230. The summed E-state index contributed by atoms with van der Waals surface area (Å²) >= 11 is 0. The van der Waals surface area contributed by atoms with Crippen LogP contribution >= 0.6 is 0 Å². The van der Waals surface area contributed by atoms with Gasteiger partial charge in [0.2, 0.25) is 5.79 Å². The second-order valence-electron chi connectivity index (χ2n) is 9.53. The number of hydrogen-bond acceptors (Lipinski definition) is 8. The third-order valence-corrected chi connectivity index (χ3v) is 6.76. The molecular formula is C25H37N7O2. The lowest BCUT2D eigenvalue weighted by Gasteiger charge is -2.30. The summed E-state index contributed by atoms with van der Waals surface area (Å²) in [7, 11) is 1.64. The zero-order valence-corrected chi connectivity index (χ0v) is 20.6. The van der Waals surface area contributed by atoms with Crippen molar-refractivity contribution in [3.05, 3.63) is 47.8 Å². The maximum Gasteiger partial charge on any atom is 0.211 e. The van der Waals surface area contributed by atoms with Crippen molar-refractivity contribution in [1.82, 2.24) is 20.4 Å². The van der Waals surface area contributed by atoms with E-state index in [0.717, 1.165) is 37.3 Å². The van der Waals surface area contributed by atoms with E-state index in [1.54, 1.807) is 13.3 Å². The monoisotopic (exact) mass is 467 g/mol. The summed E-state index contributed by atoms with van der Waals surface area (Å²) in [5, 5.41) is 14.0. The first-order valence-corrected chi connectivity index (χ1v) is 12.0. The van der Waals surface area contributed by atoms with Crippen LogP contribution in [0.15, 0.2) is 41.5 Å². The zero-order valence-electron chi connectivity index (χ0n) is 20.6. The smallest absolute Gasteiger partial charge is 0.211 e. The number of ether oxygens (including phenoxy) is 2. The maximum atomic E-state index is 6.69. The van der Waals surface area contributed by atoms with Crippen LogP contribution in [0.5, 0.6) is 11.5 Å². The Morgan fingerprint density at radius 3 is 2.74 bits per heavy atom. The highest BCUT2D eigenvalue weighted by molar-refractivity contribution is 6.03. The zero-order chi connectivity index (χ0) is 24.2. The maximum absolute atomic E-state index is 6.69. The fraction of sp³-hybridized carbons (Fsp3) is 0.520. The molecule has 9 nitrogen and oxygen atoms in total. The Balaban J connectivity index is 1.49. The molecule has 1 atom stereocenters. The number of rotatable bonds is 9. The van der Waals surface area contributed by atoms with Gasteiger partial charge in [0.05, 0.1) is 7.11 Å². The first-order valence-electron chi connectivity index (χ1n) is 12.0. The molecule has 3 heterocycles. The van der Waals surface area contributed by atoms with Gasteiger partial charge in [-0.1, -0.05) is 20.8 Å². The Kier molecular flexibility index (Phi) is 7.13. The van der Waals surface area contributed by atoms with Crippen LogP contribution in [0, 0.1) is 0 Å². The SMILES string of the molecule is CCC(C)(C)c1cc(NC2=NC(N)(c3ccc(OC)c(OCCN4CCCC4)c3)NC=C2)n[nH]1. The molecule has 184 valence electrons. The Morgan fingerprint density at radius 2 is 2.00 bits per heavy atom. The third kappa shape index (κ3) is 5.37. The molecule has 0 amide bonds. The molecule has 1 aromatic carbocycles. The molecule has 0 radical (unpaired) electrons. The summed E-state index contributed by atoms with van der Waals surface area (Å²) in [4.78, 5) is 7.15. The van der Waals surface area contributed by atoms with Crippen molar-refractivity contribution in [3.8, 4) is 11.5 Å². The summed E-state index contributed by atoms with van der Waals surface area (Å²) in [6.07, 6.45) is 7.15. The minimum atomic E-state index is -1.15. The molecule has 5 N–H and O–H groups in total. The molecule has 0 saturated carbocycles. The van der Waals surface area contributed by atoms with E-state index in [1.807, 2.05) is 30.3 Å². The number of amidine groups is 1. The van der Waals surface area contributed by atoms with Crippen molar-refractivity contribution < 1.29 is 9.47 Å². The molecule has 1 saturated heterocycles. The van der Waals surface area contributed by atoms with Crippen molar-refractivity contribution >= 4 is 11.7 Å². The van der Waals surface area contributed by atoms with Crippen LogP contribution in [0.25, 0.3) is 0 Å². The molecular weight excluding hydrogens is 430 g/mol. The van der Waals surface area contributed by atoms with Crippen LogP contribution in [0.1, 0.15) is 51.3 Å². The highest BCUT2D eigenvalue weighted by atomic mass is 16.5. The quantitative estimate of drug-likeness (QED) is 0.448. The van der Waals surface area contributed by atoms with Crippen LogP contribution in [0.3, 0.4) is 0 Å². The number of likely N-dealkylation sites (tertiary alicyclic amines) is 1. The van der Waals surface area contributed by atoms with Gasteiger partial charge in [-0.3, -0.25) is 15.7 Å². The normalized spacial score (nSPS) is 20.7. The topological polar surface area (TPSA) is 113 Å². The lowest BCUT2D eigenvalue weighted by atomic mass is 9.87. The molecule has 0 aliphatic carbocycles. The fourth-order valence-corrected chi connectivity index (χ4v) is 4.10. The van der Waals surface area contributed by atoms with Crippen molar-refractivity contribution in [1.29, 1.82) is 0 Å². The van der Waals surface area contributed by atoms with Crippen LogP contribution < -0.4 is 25.8 Å². The van der Waals surface area contributed by atoms with Gasteiger partial charge in [0.25, 0.3) is 0 Å². The number of methoxy groups -OCH3 is 1. The van der Waals surface area contributed by atoms with Gasteiger partial charge in [-0.2, -0.15) is 5.10 Å². The first-order chi connectivity index (χ1) is 16.3. The van der Waals surface area contributed by atoms with E-state index in [0.29, 0.717) is 29.8 Å². The average molecular weight is 468 g/mol. The van der Waals surface area contributed by atoms with Crippen LogP contribution in [0.2, 0.25) is 0 Å². The molecule has 9 heteroatoms. The van der Waals surface area contributed by atoms with E-state index >= 15 is 0 Å². The molecule has 0 bridgehead atoms. The number of nitrogens with one attached hydrogen (secondary N) is 3. The van der Waals surface area contributed by atoms with Gasteiger partial charge < -0.3 is 20.1 Å². The summed E-state index contributed by atoms with van der Waals surface area (Å²) in [6.45, 7) is 10.3. The predicted molar refractivity (Wildman–Crippen MR) is 135 cm³/mol. The molecule has 1 aromatic heterocycles. The lowest BCUT2D eigenvalue weighted by Crippen LogP contribution is -2.49. The number of anilines is 1. The third-order valence-electron chi connectivity index (χ3n) is 6.76. The van der Waals surface area contributed by atoms with Gasteiger partial charge in [0.15, 0.2) is 17.3 Å². The summed E-state index contributed by atoms with van der Waals surface area (Å²) in [5.74, 6) is 1.48. The molecule has 4 rings (SSSR count). The van der Waals surface area contributed by atoms with E-state index < -0.39 is 5.79 Å². The minimum absolute atomic E-state index is 0.0184. The van der Waals surface area contributed by atoms with Gasteiger partial charge >= 0.3 is 0 Å². The number of aromatic nitrogens is 2. The second kappa shape index (κ2) is 10.1. The number of aromatic amines is 1. The van der Waals surface area contributed by atoms with Gasteiger partial charge in [0.1, 0.15) is 12.4 Å². The number of benzene rings is 1. The largest absolute Gasteiger partial charge is 0.493 e. The van der Waals surface area contributed by atoms with Crippen LogP contribution in [-0.2, 0) is 11.2 Å². The Hall–Kier alpha value is -3.04. The van der Waals surface area contributed by atoms with Gasteiger partial charge in [-0.05, 0) is 56.6 Å². The first kappa shape index (κ1) is 24.1. The Morgan fingerprint density at radius 1 is 1.21 bits per heavy atom. The molecule has 2 aliphatic rings. The molecule has 0 spiro atoms. The predicted octanol–water partition coefficient (Wildman–Crippen LogP) is 3.28. The van der Waals surface area contributed by atoms with Crippen LogP contribution in [0.4, 0.5) is 5.82 Å². The van der Waals surface area contributed by atoms with E-state index in [9.17, 15) is 0 Å². The van der Waals surface area contributed by atoms with Crippen molar-refractivity contribution in [2.45, 2.75) is 51.2 Å². The highest BCUT2D eigenvalue weighted by Gasteiger charge is 2.30. The number of aliphatic imine (C=N–C) groups is 1. The van der Waals surface area contributed by atoms with Gasteiger partial charge in [0, 0.05) is 35.5 Å². The molecule has 2 aromatic rings.